The Labute approximate surface area is 84.7 Å². The van der Waals surface area contributed by atoms with Crippen molar-refractivity contribution < 1.29 is 14.1 Å². The van der Waals surface area contributed by atoms with Crippen LogP contribution in [0.1, 0.15) is 0 Å². The third-order valence-corrected chi connectivity index (χ3v) is 1.62. The van der Waals surface area contributed by atoms with Gasteiger partial charge in [-0.25, -0.2) is 4.79 Å². The number of carbonyl (C=O) groups is 1. The number of amides is 1. The summed E-state index contributed by atoms with van der Waals surface area (Å²) in [6, 6.07) is 8.91. The monoisotopic (exact) mass is 205 g/mol. The van der Waals surface area contributed by atoms with Crippen LogP contribution in [0, 0.1) is 0 Å². The van der Waals surface area contributed by atoms with E-state index < -0.39 is 6.09 Å². The first kappa shape index (κ1) is 9.20. The van der Waals surface area contributed by atoms with E-state index in [2.05, 4.69) is 14.9 Å². The zero-order chi connectivity index (χ0) is 10.7. The van der Waals surface area contributed by atoms with Gasteiger partial charge in [-0.3, -0.25) is 0 Å². The summed E-state index contributed by atoms with van der Waals surface area (Å²) in [6.45, 7) is 0. The lowest BCUT2D eigenvalue weighted by Gasteiger charge is -1.90. The van der Waals surface area contributed by atoms with Crippen molar-refractivity contribution in [3.8, 4) is 17.5 Å². The summed E-state index contributed by atoms with van der Waals surface area (Å²) in [5.74, 6) is 0.270. The van der Waals surface area contributed by atoms with Crippen molar-refractivity contribution in [3.63, 3.8) is 0 Å². The molecule has 0 unspecified atom stereocenters. The standard InChI is InChI=1S/C9H7N3O3/c10-8(13)14-9-11-7(15-12-9)6-4-2-1-3-5-6/h1-5H,(H2,10,13). The first-order valence-electron chi connectivity index (χ1n) is 4.12. The second kappa shape index (κ2) is 3.79. The fourth-order valence-electron chi connectivity index (χ4n) is 1.04. The first-order chi connectivity index (χ1) is 7.25. The zero-order valence-corrected chi connectivity index (χ0v) is 7.58. The Kier molecular flexibility index (Phi) is 2.32. The highest BCUT2D eigenvalue weighted by Gasteiger charge is 2.10. The maximum absolute atomic E-state index is 10.4. The van der Waals surface area contributed by atoms with Crippen molar-refractivity contribution in [1.82, 2.24) is 10.1 Å². The molecule has 15 heavy (non-hydrogen) atoms. The second-order valence-corrected chi connectivity index (χ2v) is 2.67. The van der Waals surface area contributed by atoms with E-state index in [1.54, 1.807) is 12.1 Å². The minimum atomic E-state index is -0.976. The summed E-state index contributed by atoms with van der Waals surface area (Å²) in [6.07, 6.45) is -0.976. The van der Waals surface area contributed by atoms with Gasteiger partial charge in [-0.2, -0.15) is 4.98 Å². The van der Waals surface area contributed by atoms with Crippen molar-refractivity contribution in [3.05, 3.63) is 30.3 Å². The molecule has 1 aromatic heterocycles. The number of ether oxygens (including phenoxy) is 1. The molecule has 6 nitrogen and oxygen atoms in total. The Morgan fingerprint density at radius 2 is 2.07 bits per heavy atom. The Morgan fingerprint density at radius 1 is 1.33 bits per heavy atom. The maximum Gasteiger partial charge on any atom is 0.412 e. The van der Waals surface area contributed by atoms with Crippen LogP contribution in [0.4, 0.5) is 4.79 Å². The SMILES string of the molecule is NC(=O)Oc1noc(-c2ccccc2)n1. The third-order valence-electron chi connectivity index (χ3n) is 1.62. The second-order valence-electron chi connectivity index (χ2n) is 2.67. The Morgan fingerprint density at radius 3 is 2.73 bits per heavy atom. The minimum Gasteiger partial charge on any atom is -0.372 e. The van der Waals surface area contributed by atoms with Gasteiger partial charge in [0, 0.05) is 5.56 Å². The fraction of sp³-hybridized carbons (Fsp3) is 0. The molecule has 1 heterocycles. The highest BCUT2D eigenvalue weighted by molar-refractivity contribution is 5.67. The molecule has 2 aromatic rings. The maximum atomic E-state index is 10.4. The third kappa shape index (κ3) is 2.11. The molecule has 2 N–H and O–H groups in total. The lowest BCUT2D eigenvalue weighted by atomic mass is 10.2. The van der Waals surface area contributed by atoms with Crippen LogP contribution in [0.15, 0.2) is 34.9 Å². The summed E-state index contributed by atoms with van der Waals surface area (Å²) >= 11 is 0. The number of benzene rings is 1. The summed E-state index contributed by atoms with van der Waals surface area (Å²) in [5.41, 5.74) is 5.53. The normalized spacial score (nSPS) is 9.87. The van der Waals surface area contributed by atoms with Crippen LogP contribution in [0.25, 0.3) is 11.5 Å². The molecule has 0 aliphatic carbocycles. The van der Waals surface area contributed by atoms with E-state index in [0.29, 0.717) is 0 Å². The zero-order valence-electron chi connectivity index (χ0n) is 7.58. The van der Waals surface area contributed by atoms with Gasteiger partial charge in [-0.1, -0.05) is 18.2 Å². The van der Waals surface area contributed by atoms with E-state index >= 15 is 0 Å². The van der Waals surface area contributed by atoms with Crippen molar-refractivity contribution in [2.75, 3.05) is 0 Å². The van der Waals surface area contributed by atoms with E-state index in [0.717, 1.165) is 5.56 Å². The van der Waals surface area contributed by atoms with E-state index in [9.17, 15) is 4.79 Å². The molecule has 0 saturated heterocycles. The van der Waals surface area contributed by atoms with Gasteiger partial charge in [0.15, 0.2) is 0 Å². The number of primary amides is 1. The van der Waals surface area contributed by atoms with Gasteiger partial charge in [-0.15, -0.1) is 0 Å². The van der Waals surface area contributed by atoms with Crippen molar-refractivity contribution in [1.29, 1.82) is 0 Å². The average Bonchev–Trinajstić information content (AvgIpc) is 2.67. The van der Waals surface area contributed by atoms with E-state index in [-0.39, 0.29) is 11.9 Å². The number of hydrogen-bond donors (Lipinski definition) is 1. The Balaban J connectivity index is 2.24. The number of nitrogens with two attached hydrogens (primary N) is 1. The van der Waals surface area contributed by atoms with Gasteiger partial charge in [-0.05, 0) is 17.3 Å². The minimum absolute atomic E-state index is 0.193. The molecule has 0 radical (unpaired) electrons. The van der Waals surface area contributed by atoms with E-state index in [4.69, 9.17) is 10.3 Å². The summed E-state index contributed by atoms with van der Waals surface area (Å²) in [4.78, 5) is 14.2. The molecule has 1 aromatic carbocycles. The van der Waals surface area contributed by atoms with Gasteiger partial charge in [0.25, 0.3) is 5.89 Å². The highest BCUT2D eigenvalue weighted by Crippen LogP contribution is 2.18. The van der Waals surface area contributed by atoms with Crippen molar-refractivity contribution in [2.24, 2.45) is 5.73 Å². The van der Waals surface area contributed by atoms with Crippen molar-refractivity contribution >= 4 is 6.09 Å². The molecule has 6 heteroatoms. The number of aromatic nitrogens is 2. The van der Waals surface area contributed by atoms with Crippen LogP contribution in [-0.2, 0) is 0 Å². The summed E-state index contributed by atoms with van der Waals surface area (Å²) in [5, 5.41) is 3.42. The van der Waals surface area contributed by atoms with Crippen LogP contribution in [0.5, 0.6) is 6.01 Å². The molecule has 0 bridgehead atoms. The molecule has 0 aliphatic rings. The quantitative estimate of drug-likeness (QED) is 0.795. The van der Waals surface area contributed by atoms with Gasteiger partial charge >= 0.3 is 12.1 Å². The molecule has 0 aliphatic heterocycles. The number of carbonyl (C=O) groups excluding carboxylic acids is 1. The van der Waals surface area contributed by atoms with Crippen LogP contribution >= 0.6 is 0 Å². The van der Waals surface area contributed by atoms with Gasteiger partial charge in [0.1, 0.15) is 0 Å². The molecule has 1 amide bonds. The van der Waals surface area contributed by atoms with Crippen LogP contribution in [0.2, 0.25) is 0 Å². The number of hydrogen-bond acceptors (Lipinski definition) is 5. The number of rotatable bonds is 2. The van der Waals surface area contributed by atoms with Crippen LogP contribution in [0.3, 0.4) is 0 Å². The van der Waals surface area contributed by atoms with E-state index in [1.807, 2.05) is 18.2 Å². The van der Waals surface area contributed by atoms with Gasteiger partial charge in [0.2, 0.25) is 0 Å². The average molecular weight is 205 g/mol. The molecule has 2 rings (SSSR count). The lowest BCUT2D eigenvalue weighted by Crippen LogP contribution is -2.16. The molecular formula is C9H7N3O3. The highest BCUT2D eigenvalue weighted by atomic mass is 16.6. The summed E-state index contributed by atoms with van der Waals surface area (Å²) in [7, 11) is 0. The molecule has 76 valence electrons. The number of nitrogens with zero attached hydrogens (tertiary/aromatic N) is 2. The molecule has 0 saturated carbocycles. The molecule has 0 fully saturated rings. The Hall–Kier alpha value is -2.37. The predicted molar refractivity (Wildman–Crippen MR) is 49.9 cm³/mol. The van der Waals surface area contributed by atoms with Gasteiger partial charge < -0.3 is 15.0 Å². The largest absolute Gasteiger partial charge is 0.412 e. The first-order valence-corrected chi connectivity index (χ1v) is 4.12. The molecule has 0 spiro atoms. The lowest BCUT2D eigenvalue weighted by molar-refractivity contribution is 0.204. The topological polar surface area (TPSA) is 91.2 Å². The summed E-state index contributed by atoms with van der Waals surface area (Å²) < 4.78 is 9.30. The molecular weight excluding hydrogens is 198 g/mol. The fourth-order valence-corrected chi connectivity index (χ4v) is 1.04. The van der Waals surface area contributed by atoms with Crippen LogP contribution in [-0.4, -0.2) is 16.2 Å². The van der Waals surface area contributed by atoms with E-state index in [1.165, 1.54) is 0 Å². The van der Waals surface area contributed by atoms with Crippen molar-refractivity contribution in [2.45, 2.75) is 0 Å². The smallest absolute Gasteiger partial charge is 0.372 e. The van der Waals surface area contributed by atoms with Gasteiger partial charge in [0.05, 0.1) is 0 Å². The predicted octanol–water partition coefficient (Wildman–Crippen LogP) is 1.19. The Bertz CT molecular complexity index is 466. The molecule has 0 atom stereocenters. The van der Waals surface area contributed by atoms with Crippen LogP contribution < -0.4 is 10.5 Å².